The molecule has 0 radical (unpaired) electrons. The van der Waals surface area contributed by atoms with Gasteiger partial charge in [0.2, 0.25) is 12.6 Å². The Balaban J connectivity index is 1.43. The second-order valence-electron chi connectivity index (χ2n) is 15.8. The van der Waals surface area contributed by atoms with E-state index in [0.717, 1.165) is 48.7 Å². The van der Waals surface area contributed by atoms with Crippen LogP contribution in [0.15, 0.2) is 103 Å². The van der Waals surface area contributed by atoms with Crippen molar-refractivity contribution in [2.24, 2.45) is 22.9 Å². The number of aliphatic hydroxyl groups is 2. The largest absolute Gasteiger partial charge is 0.459 e. The van der Waals surface area contributed by atoms with Gasteiger partial charge in [-0.05, 0) is 97.5 Å². The molecule has 1 fully saturated rings. The third-order valence-electron chi connectivity index (χ3n) is 12.0. The zero-order valence-corrected chi connectivity index (χ0v) is 34.7. The fraction of sp³-hybridized carbons (Fsp3) is 0.438. The Hall–Kier alpha value is -5.63. The molecule has 1 amide bonds. The predicted octanol–water partition coefficient (Wildman–Crippen LogP) is 8.50. The number of aldehydes is 1. The number of nitrogens with zero attached hydrogens (tertiary/aromatic N) is 2. The first kappa shape index (κ1) is 43.5. The molecule has 0 unspecified atom stereocenters. The van der Waals surface area contributed by atoms with Gasteiger partial charge in [-0.15, -0.1) is 13.2 Å². The van der Waals surface area contributed by atoms with Crippen molar-refractivity contribution in [3.63, 3.8) is 0 Å². The number of carbonyl (C=O) groups is 2. The molecule has 0 bridgehead atoms. The van der Waals surface area contributed by atoms with E-state index in [9.17, 15) is 19.8 Å². The maximum Gasteiger partial charge on any atom is 0.410 e. The number of carbonyl (C=O) groups excluding carboxylic acids is 2. The molecule has 61 heavy (non-hydrogen) atoms. The van der Waals surface area contributed by atoms with Gasteiger partial charge in [-0.3, -0.25) is 9.69 Å². The first-order valence-electron chi connectivity index (χ1n) is 21.2. The minimum absolute atomic E-state index is 0.00591. The summed E-state index contributed by atoms with van der Waals surface area (Å²) in [6, 6.07) is 17.5. The summed E-state index contributed by atoms with van der Waals surface area (Å²) in [4.78, 5) is 33.5. The molecule has 3 aromatic rings. The molecular formula is C48H56N2O11. The number of ether oxygens (including phenoxy) is 6. The van der Waals surface area contributed by atoms with E-state index in [2.05, 4.69) is 24.4 Å². The first-order chi connectivity index (χ1) is 29.9. The van der Waals surface area contributed by atoms with Crippen LogP contribution in [-0.2, 0) is 20.9 Å². The van der Waals surface area contributed by atoms with E-state index in [4.69, 9.17) is 33.3 Å². The zero-order valence-electron chi connectivity index (χ0n) is 34.7. The van der Waals surface area contributed by atoms with Crippen LogP contribution in [0.25, 0.3) is 0 Å². The standard InChI is InChI=1S/C48H56N2O11/c1-4-6-23-56-47(54)50(29-32-16-18-42-43(25-32)58-31-57-42)44-28-40(49-55-3)38-26-34(13-7-9-20-51)37(15-8-10-21-52)45-39-27-36(60-35-14-11-12-33(24-35)30-53)17-19-41(39)61-48(44,46(38)45)59-22-5-2/h4-5,11-12,14,16-19,24-27,30,34,37,44-46,51-52H,1-2,6-10,13,15,20-23,28-29,31H2,3H3/t34-,37+,44-,45+,46+,48+/m0/s1. The molecule has 1 saturated carbocycles. The second-order valence-corrected chi connectivity index (χ2v) is 15.8. The van der Waals surface area contributed by atoms with Gasteiger partial charge in [-0.2, -0.15) is 0 Å². The van der Waals surface area contributed by atoms with Crippen molar-refractivity contribution in [2.75, 3.05) is 40.3 Å². The van der Waals surface area contributed by atoms with Crippen molar-refractivity contribution in [1.82, 2.24) is 4.90 Å². The fourth-order valence-electron chi connectivity index (χ4n) is 9.46. The molecule has 0 spiro atoms. The Labute approximate surface area is 357 Å². The molecule has 0 saturated heterocycles. The lowest BCUT2D eigenvalue weighted by Gasteiger charge is -2.59. The van der Waals surface area contributed by atoms with E-state index in [1.807, 2.05) is 36.4 Å². The van der Waals surface area contributed by atoms with Crippen LogP contribution in [0.3, 0.4) is 0 Å². The SMILES string of the molecule is C=CCCOC(=O)N(Cc1ccc2c(c1)OCO2)[C@H]1CC(=NOC)C2=C[C@H](CCCCO)[C@@H](CCCCO)[C@@H]3c4cc(Oc5cccc(C=O)c5)ccc4O[C@@]1(OCC=C)[C@H]23. The van der Waals surface area contributed by atoms with Gasteiger partial charge in [0.1, 0.15) is 36.7 Å². The second kappa shape index (κ2) is 20.3. The van der Waals surface area contributed by atoms with Crippen LogP contribution in [0.2, 0.25) is 0 Å². The molecule has 13 nitrogen and oxygen atoms in total. The van der Waals surface area contributed by atoms with E-state index < -0.39 is 23.8 Å². The summed E-state index contributed by atoms with van der Waals surface area (Å²) in [6.07, 6.45) is 11.0. The van der Waals surface area contributed by atoms with E-state index in [1.165, 1.54) is 7.11 Å². The lowest BCUT2D eigenvalue weighted by molar-refractivity contribution is -0.256. The number of fused-ring (bicyclic) bond motifs is 3. The minimum Gasteiger partial charge on any atom is -0.459 e. The maximum absolute atomic E-state index is 14.6. The van der Waals surface area contributed by atoms with E-state index in [-0.39, 0.29) is 63.9 Å². The predicted molar refractivity (Wildman–Crippen MR) is 228 cm³/mol. The van der Waals surface area contributed by atoms with Gasteiger partial charge in [0.15, 0.2) is 11.5 Å². The highest BCUT2D eigenvalue weighted by Crippen LogP contribution is 2.62. The molecule has 13 heteroatoms. The highest BCUT2D eigenvalue weighted by atomic mass is 16.7. The number of amides is 1. The molecule has 324 valence electrons. The van der Waals surface area contributed by atoms with Gasteiger partial charge >= 0.3 is 6.09 Å². The average Bonchev–Trinajstić information content (AvgIpc) is 3.75. The number of rotatable bonds is 21. The number of aliphatic hydroxyl groups excluding tert-OH is 2. The zero-order chi connectivity index (χ0) is 42.8. The number of oxime groups is 1. The molecule has 2 heterocycles. The third kappa shape index (κ3) is 9.34. The van der Waals surface area contributed by atoms with Crippen molar-refractivity contribution < 1.29 is 53.1 Å². The molecule has 3 aromatic carbocycles. The van der Waals surface area contributed by atoms with Crippen LogP contribution in [0.5, 0.6) is 28.7 Å². The maximum atomic E-state index is 14.6. The number of hydrogen-bond donors (Lipinski definition) is 2. The summed E-state index contributed by atoms with van der Waals surface area (Å²) >= 11 is 0. The molecule has 6 atom stereocenters. The Morgan fingerprint density at radius 2 is 1.74 bits per heavy atom. The van der Waals surface area contributed by atoms with Crippen molar-refractivity contribution in [3.05, 3.63) is 114 Å². The lowest BCUT2D eigenvalue weighted by Crippen LogP contribution is -2.70. The van der Waals surface area contributed by atoms with Crippen LogP contribution in [0.1, 0.15) is 78.8 Å². The minimum atomic E-state index is -1.50. The third-order valence-corrected chi connectivity index (χ3v) is 12.0. The monoisotopic (exact) mass is 836 g/mol. The molecule has 2 aliphatic carbocycles. The molecule has 0 aromatic heterocycles. The van der Waals surface area contributed by atoms with Gasteiger partial charge in [0, 0.05) is 43.2 Å². The van der Waals surface area contributed by atoms with Gasteiger partial charge in [0.25, 0.3) is 0 Å². The van der Waals surface area contributed by atoms with Gasteiger partial charge < -0.3 is 43.5 Å². The van der Waals surface area contributed by atoms with Crippen LogP contribution >= 0.6 is 0 Å². The Bertz CT molecular complexity index is 2100. The van der Waals surface area contributed by atoms with Crippen LogP contribution in [0, 0.1) is 17.8 Å². The quantitative estimate of drug-likeness (QED) is 0.0460. The van der Waals surface area contributed by atoms with E-state index in [1.54, 1.807) is 41.3 Å². The first-order valence-corrected chi connectivity index (χ1v) is 21.2. The van der Waals surface area contributed by atoms with Crippen molar-refractivity contribution in [1.29, 1.82) is 0 Å². The summed E-state index contributed by atoms with van der Waals surface area (Å²) in [5.41, 5.74) is 3.72. The Morgan fingerprint density at radius 1 is 0.951 bits per heavy atom. The van der Waals surface area contributed by atoms with Gasteiger partial charge in [0.05, 0.1) is 24.8 Å². The van der Waals surface area contributed by atoms with Gasteiger partial charge in [-0.1, -0.05) is 54.4 Å². The summed E-state index contributed by atoms with van der Waals surface area (Å²) in [5, 5.41) is 24.5. The number of unbranched alkanes of at least 4 members (excludes halogenated alkanes) is 2. The van der Waals surface area contributed by atoms with Crippen molar-refractivity contribution in [2.45, 2.75) is 75.7 Å². The van der Waals surface area contributed by atoms with Crippen LogP contribution in [0.4, 0.5) is 4.79 Å². The highest BCUT2D eigenvalue weighted by Gasteiger charge is 2.65. The highest BCUT2D eigenvalue weighted by molar-refractivity contribution is 6.03. The smallest absolute Gasteiger partial charge is 0.410 e. The summed E-state index contributed by atoms with van der Waals surface area (Å²) in [5.74, 6) is 0.588. The summed E-state index contributed by atoms with van der Waals surface area (Å²) in [7, 11) is 1.51. The molecule has 7 rings (SSSR count). The average molecular weight is 837 g/mol. The molecule has 2 aliphatic heterocycles. The molecular weight excluding hydrogens is 781 g/mol. The Kier molecular flexibility index (Phi) is 14.5. The van der Waals surface area contributed by atoms with Gasteiger partial charge in [-0.25, -0.2) is 4.79 Å². The normalized spacial score (nSPS) is 23.8. The van der Waals surface area contributed by atoms with Crippen molar-refractivity contribution >= 4 is 18.1 Å². The number of benzene rings is 3. The van der Waals surface area contributed by atoms with Crippen LogP contribution in [-0.4, -0.2) is 85.4 Å². The van der Waals surface area contributed by atoms with E-state index in [0.29, 0.717) is 59.3 Å². The molecule has 2 N–H and O–H groups in total. The van der Waals surface area contributed by atoms with Crippen molar-refractivity contribution in [3.8, 4) is 28.7 Å². The Morgan fingerprint density at radius 3 is 2.51 bits per heavy atom. The van der Waals surface area contributed by atoms with Crippen LogP contribution < -0.4 is 18.9 Å². The summed E-state index contributed by atoms with van der Waals surface area (Å²) in [6.45, 7) is 8.42. The number of allylic oxidation sites excluding steroid dienone is 1. The van der Waals surface area contributed by atoms with E-state index >= 15 is 0 Å². The summed E-state index contributed by atoms with van der Waals surface area (Å²) < 4.78 is 38.1. The topological polar surface area (TPSA) is 155 Å². The molecule has 4 aliphatic rings. The fourth-order valence-corrected chi connectivity index (χ4v) is 9.46. The number of hydrogen-bond acceptors (Lipinski definition) is 12. The lowest BCUT2D eigenvalue weighted by atomic mass is 9.55.